The molecule has 0 aliphatic carbocycles. The van der Waals surface area contributed by atoms with E-state index in [0.29, 0.717) is 24.4 Å². The van der Waals surface area contributed by atoms with Gasteiger partial charge in [-0.05, 0) is 50.8 Å². The molecule has 2 aromatic carbocycles. The van der Waals surface area contributed by atoms with Crippen molar-refractivity contribution in [3.63, 3.8) is 0 Å². The summed E-state index contributed by atoms with van der Waals surface area (Å²) in [6.07, 6.45) is 1.94. The number of benzene rings is 2. The first-order valence-corrected chi connectivity index (χ1v) is 10.9. The monoisotopic (exact) mass is 447 g/mol. The highest BCUT2D eigenvalue weighted by Gasteiger charge is 2.46. The summed E-state index contributed by atoms with van der Waals surface area (Å²) in [6, 6.07) is 12.4. The van der Waals surface area contributed by atoms with Gasteiger partial charge in [0.1, 0.15) is 11.5 Å². The standard InChI is InChI=1S/C26H29N3O4/c1-16-14-17(10-11-21(16)33-5)24(30)22-23(29(13-12-27(2)3)26(32)25(22)31)19-15-28(4)20-9-7-6-8-18(19)20/h6-11,14-15,23,30H,12-13H2,1-5H3/b24-22+. The topological polar surface area (TPSA) is 75.0 Å². The van der Waals surface area contributed by atoms with E-state index >= 15 is 0 Å². The molecule has 0 spiro atoms. The number of aromatic nitrogens is 1. The first kappa shape index (κ1) is 22.6. The Morgan fingerprint density at radius 3 is 2.55 bits per heavy atom. The van der Waals surface area contributed by atoms with Crippen molar-refractivity contribution in [3.05, 3.63) is 70.9 Å². The highest BCUT2D eigenvalue weighted by Crippen LogP contribution is 2.42. The molecule has 172 valence electrons. The van der Waals surface area contributed by atoms with Crippen LogP contribution in [-0.4, -0.2) is 65.5 Å². The first-order chi connectivity index (χ1) is 15.7. The highest BCUT2D eigenvalue weighted by atomic mass is 16.5. The van der Waals surface area contributed by atoms with E-state index < -0.39 is 17.7 Å². The molecule has 1 N–H and O–H groups in total. The summed E-state index contributed by atoms with van der Waals surface area (Å²) < 4.78 is 7.30. The first-order valence-electron chi connectivity index (χ1n) is 10.9. The van der Waals surface area contributed by atoms with Crippen molar-refractivity contribution in [1.82, 2.24) is 14.4 Å². The van der Waals surface area contributed by atoms with E-state index in [2.05, 4.69) is 0 Å². The number of likely N-dealkylation sites (tertiary alicyclic amines) is 1. The molecule has 7 nitrogen and oxygen atoms in total. The van der Waals surface area contributed by atoms with E-state index in [9.17, 15) is 14.7 Å². The Balaban J connectivity index is 1.93. The minimum atomic E-state index is -0.682. The van der Waals surface area contributed by atoms with Crippen LogP contribution in [-0.2, 0) is 16.6 Å². The number of amides is 1. The van der Waals surface area contributed by atoms with Gasteiger partial charge in [0.25, 0.3) is 11.7 Å². The Hall–Kier alpha value is -3.58. The number of aryl methyl sites for hydroxylation is 2. The van der Waals surface area contributed by atoms with Crippen molar-refractivity contribution in [2.24, 2.45) is 7.05 Å². The van der Waals surface area contributed by atoms with E-state index in [1.165, 1.54) is 0 Å². The normalized spacial score (nSPS) is 18.0. The highest BCUT2D eigenvalue weighted by molar-refractivity contribution is 6.46. The number of aliphatic hydroxyl groups excluding tert-OH is 1. The van der Waals surface area contributed by atoms with Crippen molar-refractivity contribution in [1.29, 1.82) is 0 Å². The van der Waals surface area contributed by atoms with Crippen molar-refractivity contribution >= 4 is 28.4 Å². The number of aliphatic hydroxyl groups is 1. The van der Waals surface area contributed by atoms with Crippen LogP contribution < -0.4 is 4.74 Å². The number of fused-ring (bicyclic) bond motifs is 1. The third-order valence-corrected chi connectivity index (χ3v) is 6.22. The fourth-order valence-corrected chi connectivity index (χ4v) is 4.51. The zero-order valence-corrected chi connectivity index (χ0v) is 19.6. The van der Waals surface area contributed by atoms with Crippen molar-refractivity contribution in [2.45, 2.75) is 13.0 Å². The van der Waals surface area contributed by atoms with Gasteiger partial charge in [0, 0.05) is 48.4 Å². The zero-order chi connectivity index (χ0) is 23.9. The molecular formula is C26H29N3O4. The summed E-state index contributed by atoms with van der Waals surface area (Å²) in [7, 11) is 7.36. The van der Waals surface area contributed by atoms with E-state index in [1.54, 1.807) is 30.2 Å². The number of methoxy groups -OCH3 is 1. The summed E-state index contributed by atoms with van der Waals surface area (Å²) in [6.45, 7) is 2.83. The number of likely N-dealkylation sites (N-methyl/N-ethyl adjacent to an activating group) is 1. The number of hydrogen-bond donors (Lipinski definition) is 1. The quantitative estimate of drug-likeness (QED) is 0.356. The molecule has 2 heterocycles. The van der Waals surface area contributed by atoms with Crippen molar-refractivity contribution < 1.29 is 19.4 Å². The maximum absolute atomic E-state index is 13.3. The second-order valence-electron chi connectivity index (χ2n) is 8.69. The SMILES string of the molecule is COc1ccc(/C(O)=C2\C(=O)C(=O)N(CCN(C)C)C2c2cn(C)c3ccccc23)cc1C. The van der Waals surface area contributed by atoms with E-state index in [1.807, 2.05) is 68.0 Å². The van der Waals surface area contributed by atoms with E-state index in [0.717, 1.165) is 22.0 Å². The number of hydrogen-bond acceptors (Lipinski definition) is 5. The number of nitrogens with zero attached hydrogens (tertiary/aromatic N) is 3. The molecule has 1 saturated heterocycles. The van der Waals surface area contributed by atoms with Crippen molar-refractivity contribution in [2.75, 3.05) is 34.3 Å². The van der Waals surface area contributed by atoms with Gasteiger partial charge in [-0.15, -0.1) is 0 Å². The second-order valence-corrected chi connectivity index (χ2v) is 8.69. The molecule has 0 saturated carbocycles. The molecule has 7 heteroatoms. The molecule has 33 heavy (non-hydrogen) atoms. The average Bonchev–Trinajstić information content (AvgIpc) is 3.25. The average molecular weight is 448 g/mol. The van der Waals surface area contributed by atoms with Gasteiger partial charge in [-0.3, -0.25) is 9.59 Å². The number of Topliss-reactive ketones (excluding diaryl/α,β-unsaturated/α-hetero) is 1. The van der Waals surface area contributed by atoms with Crippen LogP contribution in [0.3, 0.4) is 0 Å². The van der Waals surface area contributed by atoms with E-state index in [4.69, 9.17) is 4.74 Å². The number of ether oxygens (including phenoxy) is 1. The van der Waals surface area contributed by atoms with Crippen LogP contribution in [0.5, 0.6) is 5.75 Å². The van der Waals surface area contributed by atoms with Gasteiger partial charge in [-0.2, -0.15) is 0 Å². The Kier molecular flexibility index (Phi) is 5.99. The lowest BCUT2D eigenvalue weighted by Crippen LogP contribution is -2.35. The number of rotatable bonds is 6. The van der Waals surface area contributed by atoms with Crippen LogP contribution in [0.2, 0.25) is 0 Å². The maximum Gasteiger partial charge on any atom is 0.295 e. The molecule has 1 aromatic heterocycles. The van der Waals surface area contributed by atoms with Gasteiger partial charge in [-0.1, -0.05) is 18.2 Å². The summed E-state index contributed by atoms with van der Waals surface area (Å²) in [5, 5.41) is 12.3. The molecule has 1 amide bonds. The Labute approximate surface area is 193 Å². The van der Waals surface area contributed by atoms with Crippen LogP contribution in [0.25, 0.3) is 16.7 Å². The molecule has 3 aromatic rings. The number of ketones is 1. The van der Waals surface area contributed by atoms with Crippen molar-refractivity contribution in [3.8, 4) is 5.75 Å². The van der Waals surface area contributed by atoms with Crippen LogP contribution >= 0.6 is 0 Å². The van der Waals surface area contributed by atoms with Gasteiger partial charge in [0.15, 0.2) is 0 Å². The second kappa shape index (κ2) is 8.75. The molecule has 1 fully saturated rings. The molecule has 1 atom stereocenters. The molecule has 0 radical (unpaired) electrons. The third-order valence-electron chi connectivity index (χ3n) is 6.22. The molecular weight excluding hydrogens is 418 g/mol. The van der Waals surface area contributed by atoms with Gasteiger partial charge < -0.3 is 24.2 Å². The molecule has 4 rings (SSSR count). The Morgan fingerprint density at radius 2 is 1.88 bits per heavy atom. The summed E-state index contributed by atoms with van der Waals surface area (Å²) in [5.74, 6) is -0.757. The van der Waals surface area contributed by atoms with Crippen LogP contribution in [0, 0.1) is 6.92 Å². The maximum atomic E-state index is 13.3. The fourth-order valence-electron chi connectivity index (χ4n) is 4.51. The summed E-state index contributed by atoms with van der Waals surface area (Å²) in [5.41, 5.74) is 3.22. The van der Waals surface area contributed by atoms with E-state index in [-0.39, 0.29) is 11.3 Å². The lowest BCUT2D eigenvalue weighted by atomic mass is 9.94. The van der Waals surface area contributed by atoms with Gasteiger partial charge in [-0.25, -0.2) is 0 Å². The summed E-state index contributed by atoms with van der Waals surface area (Å²) in [4.78, 5) is 29.9. The minimum absolute atomic E-state index is 0.111. The van der Waals surface area contributed by atoms with Crippen LogP contribution in [0.4, 0.5) is 0 Å². The number of carbonyl (C=O) groups is 2. The van der Waals surface area contributed by atoms with Gasteiger partial charge in [0.2, 0.25) is 0 Å². The lowest BCUT2D eigenvalue weighted by molar-refractivity contribution is -0.140. The number of para-hydroxylation sites is 1. The third kappa shape index (κ3) is 3.89. The number of carbonyl (C=O) groups excluding carboxylic acids is 2. The Morgan fingerprint density at radius 1 is 1.15 bits per heavy atom. The molecule has 1 aliphatic heterocycles. The lowest BCUT2D eigenvalue weighted by Gasteiger charge is -2.26. The molecule has 1 unspecified atom stereocenters. The largest absolute Gasteiger partial charge is 0.507 e. The molecule has 0 bridgehead atoms. The fraction of sp³-hybridized carbons (Fsp3) is 0.308. The van der Waals surface area contributed by atoms with Gasteiger partial charge in [0.05, 0.1) is 18.7 Å². The van der Waals surface area contributed by atoms with Gasteiger partial charge >= 0.3 is 0 Å². The minimum Gasteiger partial charge on any atom is -0.507 e. The van der Waals surface area contributed by atoms with Crippen LogP contribution in [0.15, 0.2) is 54.2 Å². The van der Waals surface area contributed by atoms with Crippen LogP contribution in [0.1, 0.15) is 22.7 Å². The Bertz CT molecular complexity index is 1270. The zero-order valence-electron chi connectivity index (χ0n) is 19.6. The smallest absolute Gasteiger partial charge is 0.295 e. The summed E-state index contributed by atoms with van der Waals surface area (Å²) >= 11 is 0. The predicted octanol–water partition coefficient (Wildman–Crippen LogP) is 3.48. The predicted molar refractivity (Wildman–Crippen MR) is 128 cm³/mol. The molecule has 1 aliphatic rings.